The normalized spacial score (nSPS) is 20.5. The van der Waals surface area contributed by atoms with Gasteiger partial charge in [-0.15, -0.1) is 0 Å². The van der Waals surface area contributed by atoms with E-state index in [2.05, 4.69) is 68.7 Å². The van der Waals surface area contributed by atoms with Gasteiger partial charge in [-0.1, -0.05) is 76.2 Å². The molecule has 0 unspecified atom stereocenters. The standard InChI is InChI=1S/C51H61FN8O6/c1-30(2)38(27-45(61)65-5)49(62)58-25-7-9-43(58)47-53-28-39(55-47)32-11-15-34(16-12-32)41-23-24-42(60(41)37-21-19-36(52)20-22-37)35-17-13-33(14-18-35)40-29-54-48(56-40)44-10-8-26-59(44)50(63)46(31(3)4)57-51(64)66-6/h11-22,28-31,38,41-44,46H,7-10,23-27H2,1-6H3,(H,53,55)(H,54,56)(H,57,64)/t38-,41+,42+,43-,44-,46-/m0/s1. The van der Waals surface area contributed by atoms with E-state index in [4.69, 9.17) is 19.4 Å². The molecule has 3 aliphatic heterocycles. The first kappa shape index (κ1) is 46.0. The summed E-state index contributed by atoms with van der Waals surface area (Å²) in [6.45, 7) is 8.91. The maximum absolute atomic E-state index is 14.3. The molecule has 0 radical (unpaired) electrons. The van der Waals surface area contributed by atoms with Gasteiger partial charge >= 0.3 is 12.1 Å². The summed E-state index contributed by atoms with van der Waals surface area (Å²) >= 11 is 0. The SMILES string of the molecule is COC(=O)C[C@H](C(=O)N1CCC[C@H]1c1ncc(-c2ccc([C@H]3CC[C@H](c4ccc(-c5cnc([C@@H]6CCCN6C(=O)[C@@H](NC(=O)OC)C(C)C)[nH]5)cc4)N3c3ccc(F)cc3)cc2)[nH]1)C(C)C. The van der Waals surface area contributed by atoms with Crippen LogP contribution in [-0.4, -0.2) is 87.0 Å². The fourth-order valence-electron chi connectivity index (χ4n) is 10.1. The fraction of sp³-hybridized carbons (Fsp3) is 0.451. The van der Waals surface area contributed by atoms with Gasteiger partial charge in [-0.3, -0.25) is 14.4 Å². The van der Waals surface area contributed by atoms with Crippen LogP contribution in [0.4, 0.5) is 14.9 Å². The van der Waals surface area contributed by atoms with Gasteiger partial charge in [0.1, 0.15) is 23.5 Å². The number of amides is 3. The predicted octanol–water partition coefficient (Wildman–Crippen LogP) is 9.23. The van der Waals surface area contributed by atoms with Gasteiger partial charge in [0.15, 0.2) is 0 Å². The smallest absolute Gasteiger partial charge is 0.407 e. The quantitative estimate of drug-likeness (QED) is 0.0922. The summed E-state index contributed by atoms with van der Waals surface area (Å²) < 4.78 is 24.0. The molecule has 348 valence electrons. The van der Waals surface area contributed by atoms with E-state index in [0.29, 0.717) is 18.9 Å². The lowest BCUT2D eigenvalue weighted by Crippen LogP contribution is -2.51. The van der Waals surface area contributed by atoms with E-state index in [0.717, 1.165) is 83.7 Å². The number of methoxy groups -OCH3 is 2. The molecule has 0 spiro atoms. The average Bonchev–Trinajstić information content (AvgIpc) is 4.19. The molecule has 3 aliphatic rings. The third-order valence-corrected chi connectivity index (χ3v) is 13.7. The van der Waals surface area contributed by atoms with Crippen molar-refractivity contribution in [3.05, 3.63) is 114 Å². The number of carbonyl (C=O) groups is 4. The summed E-state index contributed by atoms with van der Waals surface area (Å²) in [4.78, 5) is 74.2. The number of H-pyrrole nitrogens is 2. The van der Waals surface area contributed by atoms with Crippen molar-refractivity contribution in [2.45, 2.75) is 103 Å². The predicted molar refractivity (Wildman–Crippen MR) is 248 cm³/mol. The van der Waals surface area contributed by atoms with Crippen LogP contribution < -0.4 is 10.2 Å². The molecule has 3 aromatic carbocycles. The lowest BCUT2D eigenvalue weighted by atomic mass is 9.91. The van der Waals surface area contributed by atoms with Crippen LogP contribution in [0.1, 0.15) is 120 Å². The number of alkyl carbamates (subject to hydrolysis) is 1. The second-order valence-corrected chi connectivity index (χ2v) is 18.5. The largest absolute Gasteiger partial charge is 0.469 e. The molecular weight excluding hydrogens is 840 g/mol. The third-order valence-electron chi connectivity index (χ3n) is 13.7. The van der Waals surface area contributed by atoms with Crippen molar-refractivity contribution in [2.24, 2.45) is 17.8 Å². The lowest BCUT2D eigenvalue weighted by molar-refractivity contribution is -0.148. The van der Waals surface area contributed by atoms with E-state index < -0.39 is 18.1 Å². The minimum absolute atomic E-state index is 0.0140. The first-order valence-electron chi connectivity index (χ1n) is 23.2. The summed E-state index contributed by atoms with van der Waals surface area (Å²) in [6.07, 6.45) is 8.08. The Morgan fingerprint density at radius 2 is 1.17 bits per heavy atom. The topological polar surface area (TPSA) is 166 Å². The Hall–Kier alpha value is -6.51. The molecule has 66 heavy (non-hydrogen) atoms. The molecule has 8 rings (SSSR count). The van der Waals surface area contributed by atoms with Crippen molar-refractivity contribution in [1.29, 1.82) is 0 Å². The molecule has 0 aliphatic carbocycles. The minimum Gasteiger partial charge on any atom is -0.469 e. The van der Waals surface area contributed by atoms with Crippen molar-refractivity contribution >= 4 is 29.6 Å². The van der Waals surface area contributed by atoms with Crippen LogP contribution in [0.5, 0.6) is 0 Å². The molecule has 3 amide bonds. The van der Waals surface area contributed by atoms with Gasteiger partial charge in [0.25, 0.3) is 0 Å². The first-order valence-corrected chi connectivity index (χ1v) is 23.2. The number of nitrogens with zero attached hydrogens (tertiary/aromatic N) is 5. The Labute approximate surface area is 385 Å². The monoisotopic (exact) mass is 900 g/mol. The minimum atomic E-state index is -0.709. The Morgan fingerprint density at radius 1 is 0.667 bits per heavy atom. The van der Waals surface area contributed by atoms with Gasteiger partial charge in [0.05, 0.1) is 74.5 Å². The number of hydrogen-bond donors (Lipinski definition) is 3. The Balaban J connectivity index is 0.975. The number of benzene rings is 3. The molecule has 3 fully saturated rings. The number of halogens is 1. The molecule has 15 heteroatoms. The molecule has 6 atom stereocenters. The molecule has 2 aromatic heterocycles. The van der Waals surface area contributed by atoms with Crippen molar-refractivity contribution in [1.82, 2.24) is 35.1 Å². The average molecular weight is 901 g/mol. The van der Waals surface area contributed by atoms with Crippen LogP contribution in [0.3, 0.4) is 0 Å². The second kappa shape index (κ2) is 19.9. The number of hydrogen-bond acceptors (Lipinski definition) is 9. The molecule has 0 saturated carbocycles. The van der Waals surface area contributed by atoms with E-state index >= 15 is 0 Å². The molecule has 5 heterocycles. The number of rotatable bonds is 14. The zero-order chi connectivity index (χ0) is 46.6. The molecule has 3 saturated heterocycles. The van der Waals surface area contributed by atoms with Crippen molar-refractivity contribution in [3.8, 4) is 22.5 Å². The first-order chi connectivity index (χ1) is 31.8. The van der Waals surface area contributed by atoms with Crippen molar-refractivity contribution in [2.75, 3.05) is 32.2 Å². The van der Waals surface area contributed by atoms with E-state index in [1.807, 2.05) is 62.0 Å². The Bertz CT molecular complexity index is 2340. The molecule has 3 N–H and O–H groups in total. The summed E-state index contributed by atoms with van der Waals surface area (Å²) in [7, 11) is 2.64. The number of anilines is 1. The number of aromatic amines is 2. The van der Waals surface area contributed by atoms with E-state index in [-0.39, 0.29) is 66.0 Å². The number of carbonyl (C=O) groups excluding carboxylic acids is 4. The van der Waals surface area contributed by atoms with Crippen molar-refractivity contribution < 1.29 is 33.0 Å². The Morgan fingerprint density at radius 3 is 1.62 bits per heavy atom. The van der Waals surface area contributed by atoms with Crippen LogP contribution in [0.25, 0.3) is 22.5 Å². The zero-order valence-corrected chi connectivity index (χ0v) is 38.6. The summed E-state index contributed by atoms with van der Waals surface area (Å²) in [6, 6.07) is 22.6. The molecule has 5 aromatic rings. The van der Waals surface area contributed by atoms with Crippen LogP contribution >= 0.6 is 0 Å². The fourth-order valence-corrected chi connectivity index (χ4v) is 10.1. The van der Waals surface area contributed by atoms with Gasteiger partial charge < -0.3 is 39.5 Å². The summed E-state index contributed by atoms with van der Waals surface area (Å²) in [5.41, 5.74) is 6.86. The number of esters is 1. The van der Waals surface area contributed by atoms with Gasteiger partial charge in [0.2, 0.25) is 11.8 Å². The Kier molecular flexibility index (Phi) is 13.9. The van der Waals surface area contributed by atoms with Crippen LogP contribution in [-0.2, 0) is 23.9 Å². The van der Waals surface area contributed by atoms with Crippen LogP contribution in [0.15, 0.2) is 85.2 Å². The van der Waals surface area contributed by atoms with Crippen LogP contribution in [0, 0.1) is 23.6 Å². The third kappa shape index (κ3) is 9.57. The highest BCUT2D eigenvalue weighted by Gasteiger charge is 2.40. The van der Waals surface area contributed by atoms with Crippen LogP contribution in [0.2, 0.25) is 0 Å². The number of imidazole rings is 2. The maximum Gasteiger partial charge on any atom is 0.407 e. The second-order valence-electron chi connectivity index (χ2n) is 18.5. The summed E-state index contributed by atoms with van der Waals surface area (Å²) in [5, 5.41) is 2.71. The number of aromatic nitrogens is 4. The number of ether oxygens (including phenoxy) is 2. The number of likely N-dealkylation sites (tertiary alicyclic amines) is 2. The van der Waals surface area contributed by atoms with Gasteiger partial charge in [-0.2, -0.15) is 0 Å². The highest BCUT2D eigenvalue weighted by molar-refractivity contribution is 5.86. The molecule has 0 bridgehead atoms. The van der Waals surface area contributed by atoms with E-state index in [1.54, 1.807) is 0 Å². The van der Waals surface area contributed by atoms with Gasteiger partial charge in [-0.25, -0.2) is 19.2 Å². The zero-order valence-electron chi connectivity index (χ0n) is 38.6. The summed E-state index contributed by atoms with van der Waals surface area (Å²) in [5.74, 6) is -0.0182. The lowest BCUT2D eigenvalue weighted by Gasteiger charge is -2.33. The highest BCUT2D eigenvalue weighted by atomic mass is 19.1. The van der Waals surface area contributed by atoms with E-state index in [9.17, 15) is 23.6 Å². The molecule has 14 nitrogen and oxygen atoms in total. The van der Waals surface area contributed by atoms with Crippen molar-refractivity contribution in [3.63, 3.8) is 0 Å². The van der Waals surface area contributed by atoms with Gasteiger partial charge in [-0.05, 0) is 96.9 Å². The molecular formula is C51H61FN8O6. The maximum atomic E-state index is 14.3. The number of nitrogens with one attached hydrogen (secondary N) is 3. The highest BCUT2D eigenvalue weighted by Crippen LogP contribution is 2.47. The van der Waals surface area contributed by atoms with E-state index in [1.165, 1.54) is 26.4 Å². The van der Waals surface area contributed by atoms with Gasteiger partial charge in [0, 0.05) is 18.8 Å².